The van der Waals surface area contributed by atoms with E-state index in [1.807, 2.05) is 0 Å². The topological polar surface area (TPSA) is 99.1 Å². The summed E-state index contributed by atoms with van der Waals surface area (Å²) in [4.78, 5) is 35.4. The average molecular weight is 402 g/mol. The van der Waals surface area contributed by atoms with Gasteiger partial charge < -0.3 is 19.3 Å². The van der Waals surface area contributed by atoms with Crippen molar-refractivity contribution in [2.75, 3.05) is 13.2 Å². The lowest BCUT2D eigenvalue weighted by atomic mass is 9.89. The van der Waals surface area contributed by atoms with Crippen LogP contribution >= 0.6 is 0 Å². The third-order valence-corrected chi connectivity index (χ3v) is 4.56. The molecule has 152 valence electrons. The molecular weight excluding hydrogens is 383 g/mol. The Morgan fingerprint density at radius 1 is 1.24 bits per heavy atom. The molecule has 0 radical (unpaired) electrons. The largest absolute Gasteiger partial charge is 0.478 e. The molecule has 3 rings (SSSR count). The lowest BCUT2D eigenvalue weighted by Gasteiger charge is -2.20. The highest BCUT2D eigenvalue weighted by Gasteiger charge is 2.31. The Morgan fingerprint density at radius 2 is 1.97 bits per heavy atom. The Bertz CT molecular complexity index is 934. The number of hydrogen-bond acceptors (Lipinski definition) is 6. The van der Waals surface area contributed by atoms with Crippen molar-refractivity contribution in [2.24, 2.45) is 0 Å². The minimum Gasteiger partial charge on any atom is -0.478 e. The highest BCUT2D eigenvalue weighted by Crippen LogP contribution is 2.37. The molecule has 1 heterocycles. The fourth-order valence-corrected chi connectivity index (χ4v) is 3.25. The molecule has 1 aliphatic heterocycles. The second kappa shape index (κ2) is 8.83. The zero-order chi connectivity index (χ0) is 21.0. The molecule has 29 heavy (non-hydrogen) atoms. The molecule has 1 unspecified atom stereocenters. The molecule has 0 spiro atoms. The van der Waals surface area contributed by atoms with Crippen LogP contribution in [0.1, 0.15) is 51.1 Å². The quantitative estimate of drug-likeness (QED) is 0.585. The number of rotatable bonds is 6. The number of carbonyl (C=O) groups is 3. The van der Waals surface area contributed by atoms with Gasteiger partial charge in [0.15, 0.2) is 11.6 Å². The third-order valence-electron chi connectivity index (χ3n) is 4.56. The first kappa shape index (κ1) is 20.5. The zero-order valence-electron chi connectivity index (χ0n) is 15.6. The molecule has 0 aliphatic carbocycles. The summed E-state index contributed by atoms with van der Waals surface area (Å²) in [5.41, 5.74) is 0.0303. The number of halogens is 1. The highest BCUT2D eigenvalue weighted by molar-refractivity contribution is 5.92. The van der Waals surface area contributed by atoms with Crippen molar-refractivity contribution < 1.29 is 38.1 Å². The van der Waals surface area contributed by atoms with Crippen LogP contribution in [0.5, 0.6) is 5.75 Å². The number of benzene rings is 2. The molecular formula is C21H19FO7. The van der Waals surface area contributed by atoms with Crippen LogP contribution in [0.2, 0.25) is 0 Å². The van der Waals surface area contributed by atoms with E-state index in [-0.39, 0.29) is 28.9 Å². The second-order valence-corrected chi connectivity index (χ2v) is 6.53. The van der Waals surface area contributed by atoms with Gasteiger partial charge in [-0.25, -0.2) is 14.0 Å². The molecule has 1 aliphatic rings. The van der Waals surface area contributed by atoms with Crippen molar-refractivity contribution >= 4 is 17.9 Å². The van der Waals surface area contributed by atoms with E-state index in [2.05, 4.69) is 0 Å². The molecule has 0 amide bonds. The summed E-state index contributed by atoms with van der Waals surface area (Å²) in [5, 5.41) is 9.63. The van der Waals surface area contributed by atoms with Crippen LogP contribution in [-0.4, -0.2) is 36.2 Å². The van der Waals surface area contributed by atoms with Gasteiger partial charge in [-0.3, -0.25) is 4.79 Å². The number of ether oxygens (including phenoxy) is 3. The summed E-state index contributed by atoms with van der Waals surface area (Å²) in [7, 11) is 0. The fourth-order valence-electron chi connectivity index (χ4n) is 3.25. The van der Waals surface area contributed by atoms with Crippen molar-refractivity contribution in [3.63, 3.8) is 0 Å². The first-order valence-corrected chi connectivity index (χ1v) is 8.95. The first-order valence-electron chi connectivity index (χ1n) is 8.95. The lowest BCUT2D eigenvalue weighted by Crippen LogP contribution is -2.17. The van der Waals surface area contributed by atoms with Gasteiger partial charge in [0.05, 0.1) is 17.7 Å². The van der Waals surface area contributed by atoms with E-state index in [1.54, 1.807) is 30.3 Å². The van der Waals surface area contributed by atoms with Gasteiger partial charge in [-0.1, -0.05) is 18.2 Å². The minimum absolute atomic E-state index is 0.0192. The van der Waals surface area contributed by atoms with Crippen LogP contribution in [0.4, 0.5) is 4.39 Å². The first-order chi connectivity index (χ1) is 13.9. The van der Waals surface area contributed by atoms with E-state index in [0.717, 1.165) is 13.0 Å². The Morgan fingerprint density at radius 3 is 2.55 bits per heavy atom. The maximum atomic E-state index is 15.2. The molecule has 0 aromatic heterocycles. The predicted molar refractivity (Wildman–Crippen MR) is 98.4 cm³/mol. The molecule has 0 saturated carbocycles. The van der Waals surface area contributed by atoms with Gasteiger partial charge in [-0.15, -0.1) is 0 Å². The summed E-state index contributed by atoms with van der Waals surface area (Å²) in [5.74, 6) is -4.59. The summed E-state index contributed by atoms with van der Waals surface area (Å²) < 4.78 is 30.6. The summed E-state index contributed by atoms with van der Waals surface area (Å²) in [6.07, 6.45) is 0.457. The van der Waals surface area contributed by atoms with Crippen molar-refractivity contribution in [3.05, 3.63) is 64.5 Å². The van der Waals surface area contributed by atoms with Crippen LogP contribution in [-0.2, 0) is 20.9 Å². The van der Waals surface area contributed by atoms with E-state index in [1.165, 1.54) is 0 Å². The molecule has 1 saturated heterocycles. The zero-order valence-corrected chi connectivity index (χ0v) is 15.6. The van der Waals surface area contributed by atoms with Crippen molar-refractivity contribution in [1.29, 1.82) is 0 Å². The molecule has 1 N–H and O–H groups in total. The highest BCUT2D eigenvalue weighted by atomic mass is 19.1. The van der Waals surface area contributed by atoms with Gasteiger partial charge in [0.2, 0.25) is 0 Å². The normalized spacial score (nSPS) is 15.7. The Labute approximate surface area is 166 Å². The van der Waals surface area contributed by atoms with E-state index in [9.17, 15) is 19.5 Å². The van der Waals surface area contributed by atoms with Gasteiger partial charge in [0.1, 0.15) is 6.61 Å². The number of carboxylic acid groups (broad SMARTS) is 1. The van der Waals surface area contributed by atoms with Crippen LogP contribution in [0.3, 0.4) is 0 Å². The molecule has 1 fully saturated rings. The van der Waals surface area contributed by atoms with E-state index in [4.69, 9.17) is 14.2 Å². The Hall–Kier alpha value is -3.26. The number of aromatic carboxylic acids is 1. The van der Waals surface area contributed by atoms with Gasteiger partial charge in [0.25, 0.3) is 0 Å². The van der Waals surface area contributed by atoms with E-state index in [0.29, 0.717) is 13.0 Å². The Kier molecular flexibility index (Phi) is 6.23. The van der Waals surface area contributed by atoms with Crippen molar-refractivity contribution in [3.8, 4) is 5.75 Å². The van der Waals surface area contributed by atoms with Crippen LogP contribution in [0.25, 0.3) is 0 Å². The predicted octanol–water partition coefficient (Wildman–Crippen LogP) is 3.31. The summed E-state index contributed by atoms with van der Waals surface area (Å²) >= 11 is 0. The van der Waals surface area contributed by atoms with Crippen LogP contribution in [0.15, 0.2) is 36.4 Å². The molecule has 2 aromatic carbocycles. The maximum absolute atomic E-state index is 15.2. The molecule has 7 nitrogen and oxygen atoms in total. The van der Waals surface area contributed by atoms with Gasteiger partial charge in [-0.05, 0) is 24.6 Å². The standard InChI is InChI=1S/C21H19FO7/c1-12(23)29-17-9-15(20(24)25)16(18(19(17)22)14-7-8-27-10-14)11-28-21(26)13-5-3-2-4-6-13/h2-6,9,14H,7-8,10-11H2,1H3,(H,24,25). The number of esters is 2. The van der Waals surface area contributed by atoms with E-state index < -0.39 is 42.0 Å². The minimum atomic E-state index is -1.36. The lowest BCUT2D eigenvalue weighted by molar-refractivity contribution is -0.132. The third kappa shape index (κ3) is 4.60. The monoisotopic (exact) mass is 402 g/mol. The Balaban J connectivity index is 2.02. The smallest absolute Gasteiger partial charge is 0.338 e. The molecule has 1 atom stereocenters. The molecule has 8 heteroatoms. The van der Waals surface area contributed by atoms with Gasteiger partial charge in [0, 0.05) is 30.6 Å². The SMILES string of the molecule is CC(=O)Oc1cc(C(=O)O)c(COC(=O)c2ccccc2)c(C2CCOC2)c1F. The molecule has 2 aromatic rings. The summed E-state index contributed by atoms with van der Waals surface area (Å²) in [6, 6.07) is 9.10. The number of hydrogen-bond donors (Lipinski definition) is 1. The average Bonchev–Trinajstić information content (AvgIpc) is 3.22. The van der Waals surface area contributed by atoms with Crippen LogP contribution in [0, 0.1) is 5.82 Å². The van der Waals surface area contributed by atoms with Gasteiger partial charge >= 0.3 is 17.9 Å². The number of carboxylic acids is 1. The maximum Gasteiger partial charge on any atom is 0.338 e. The van der Waals surface area contributed by atoms with Gasteiger partial charge in [-0.2, -0.15) is 0 Å². The van der Waals surface area contributed by atoms with E-state index >= 15 is 4.39 Å². The number of carbonyl (C=O) groups excluding carboxylic acids is 2. The second-order valence-electron chi connectivity index (χ2n) is 6.53. The van der Waals surface area contributed by atoms with Crippen LogP contribution < -0.4 is 4.74 Å². The summed E-state index contributed by atoms with van der Waals surface area (Å²) in [6.45, 7) is 1.21. The van der Waals surface area contributed by atoms with Crippen molar-refractivity contribution in [2.45, 2.75) is 25.9 Å². The van der Waals surface area contributed by atoms with Crippen molar-refractivity contribution in [1.82, 2.24) is 0 Å². The molecule has 0 bridgehead atoms. The fraction of sp³-hybridized carbons (Fsp3) is 0.286.